The van der Waals surface area contributed by atoms with E-state index in [1.807, 2.05) is 12.1 Å². The highest BCUT2D eigenvalue weighted by molar-refractivity contribution is 7.55. The average Bonchev–Trinajstić information content (AvgIpc) is 2.12. The van der Waals surface area contributed by atoms with Crippen LogP contribution >= 0.6 is 22.1 Å². The van der Waals surface area contributed by atoms with Gasteiger partial charge < -0.3 is 0 Å². The van der Waals surface area contributed by atoms with Crippen molar-refractivity contribution in [3.63, 3.8) is 0 Å². The number of hydrogen-bond donors (Lipinski definition) is 0. The summed E-state index contributed by atoms with van der Waals surface area (Å²) in [7, 11) is -0.414. The van der Waals surface area contributed by atoms with Gasteiger partial charge in [0.1, 0.15) is 10.8 Å². The molecule has 0 aliphatic rings. The van der Waals surface area contributed by atoms with Crippen LogP contribution in [-0.4, -0.2) is 4.57 Å². The molecule has 42 valence electrons. The number of halogens is 1. The second-order valence-electron chi connectivity index (χ2n) is 1.27. The molecule has 0 saturated heterocycles. The predicted molar refractivity (Wildman–Crippen MR) is 35.6 cm³/mol. The first kappa shape index (κ1) is 5.79. The number of rotatable bonds is 1. The molecule has 0 bridgehead atoms. The Morgan fingerprint density at radius 1 is 1.38 bits per heavy atom. The minimum absolute atomic E-state index is 0.282. The van der Waals surface area contributed by atoms with Gasteiger partial charge in [-0.2, -0.15) is 0 Å². The molecule has 1 nitrogen and oxygen atoms in total. The lowest BCUT2D eigenvalue weighted by molar-refractivity contribution is 0.275. The molecule has 0 aromatic carbocycles. The molecule has 1 rings (SSSR count). The van der Waals surface area contributed by atoms with Crippen LogP contribution in [0.1, 0.15) is 0 Å². The standard InChI is InChI=1S/C5H4ClOS/c6-5(7)8-3-1-2-4-8/h1-4H/q+1. The van der Waals surface area contributed by atoms with Crippen molar-refractivity contribution in [2.45, 2.75) is 0 Å². The van der Waals surface area contributed by atoms with Gasteiger partial charge in [-0.05, 0) is 12.1 Å². The van der Waals surface area contributed by atoms with Gasteiger partial charge in [-0.1, -0.05) is 0 Å². The van der Waals surface area contributed by atoms with Crippen molar-refractivity contribution < 1.29 is 4.79 Å². The Labute approximate surface area is 54.9 Å². The topological polar surface area (TPSA) is 17.1 Å². The third-order valence-corrected chi connectivity index (χ3v) is 2.55. The molecule has 0 aliphatic heterocycles. The van der Waals surface area contributed by atoms with Gasteiger partial charge in [0.05, 0.1) is 10.5 Å². The molecule has 1 heterocycles. The number of hydrogen-bond acceptors (Lipinski definition) is 1. The third kappa shape index (κ3) is 1.08. The van der Waals surface area contributed by atoms with Crippen LogP contribution in [0.2, 0.25) is 0 Å². The van der Waals surface area contributed by atoms with Crippen molar-refractivity contribution in [3.8, 4) is 0 Å². The van der Waals surface area contributed by atoms with Crippen LogP contribution in [0, 0.1) is 0 Å². The van der Waals surface area contributed by atoms with Gasteiger partial charge >= 0.3 is 4.57 Å². The van der Waals surface area contributed by atoms with Gasteiger partial charge in [-0.3, -0.25) is 0 Å². The monoisotopic (exact) mass is 147 g/mol. The van der Waals surface area contributed by atoms with Crippen LogP contribution in [0.5, 0.6) is 0 Å². The Kier molecular flexibility index (Phi) is 1.65. The molecule has 0 N–H and O–H groups in total. The van der Waals surface area contributed by atoms with Crippen molar-refractivity contribution in [1.29, 1.82) is 0 Å². The van der Waals surface area contributed by atoms with E-state index in [-0.39, 0.29) is 4.57 Å². The van der Waals surface area contributed by atoms with E-state index in [1.165, 1.54) is 0 Å². The molecular weight excluding hydrogens is 144 g/mol. The van der Waals surface area contributed by atoms with Crippen LogP contribution in [0.25, 0.3) is 0 Å². The summed E-state index contributed by atoms with van der Waals surface area (Å²) in [6.45, 7) is 0. The molecule has 0 spiro atoms. The zero-order valence-corrected chi connectivity index (χ0v) is 5.58. The van der Waals surface area contributed by atoms with Crippen LogP contribution in [0.3, 0.4) is 0 Å². The minimum Gasteiger partial charge on any atom is -0.213 e. The first-order chi connectivity index (χ1) is 3.80. The second kappa shape index (κ2) is 2.29. The van der Waals surface area contributed by atoms with Crippen LogP contribution in [-0.2, 0) is 0 Å². The van der Waals surface area contributed by atoms with Crippen molar-refractivity contribution >= 4 is 26.6 Å². The molecule has 0 radical (unpaired) electrons. The van der Waals surface area contributed by atoms with E-state index in [1.54, 1.807) is 10.8 Å². The average molecular weight is 148 g/mol. The SMILES string of the molecule is O=C(Cl)[s+]1cccc1. The molecule has 0 atom stereocenters. The molecular formula is C5H4ClOS+. The van der Waals surface area contributed by atoms with Gasteiger partial charge in [0, 0.05) is 11.6 Å². The van der Waals surface area contributed by atoms with E-state index in [4.69, 9.17) is 11.6 Å². The fourth-order valence-electron chi connectivity index (χ4n) is 0.412. The van der Waals surface area contributed by atoms with Gasteiger partial charge in [0.2, 0.25) is 0 Å². The van der Waals surface area contributed by atoms with Crippen molar-refractivity contribution in [2.75, 3.05) is 0 Å². The number of carbonyl (C=O) groups is 1. The first-order valence-electron chi connectivity index (χ1n) is 2.07. The van der Waals surface area contributed by atoms with E-state index in [2.05, 4.69) is 0 Å². The highest BCUT2D eigenvalue weighted by Gasteiger charge is 2.09. The van der Waals surface area contributed by atoms with Crippen molar-refractivity contribution in [2.24, 2.45) is 0 Å². The highest BCUT2D eigenvalue weighted by Crippen LogP contribution is 2.19. The number of thiophene rings is 1. The summed E-state index contributed by atoms with van der Waals surface area (Å²) in [6, 6.07) is 3.65. The lowest BCUT2D eigenvalue weighted by Gasteiger charge is -1.66. The maximum absolute atomic E-state index is 10.3. The normalized spacial score (nSPS) is 9.12. The largest absolute Gasteiger partial charge is 0.451 e. The Bertz CT molecular complexity index is 180. The zero-order valence-electron chi connectivity index (χ0n) is 4.00. The predicted octanol–water partition coefficient (Wildman–Crippen LogP) is 2.64. The summed E-state index contributed by atoms with van der Waals surface area (Å²) < 4.78 is -0.282. The van der Waals surface area contributed by atoms with Gasteiger partial charge in [0.15, 0.2) is 0 Å². The van der Waals surface area contributed by atoms with Gasteiger partial charge in [-0.25, -0.2) is 4.79 Å². The molecule has 0 unspecified atom stereocenters. The molecule has 0 aliphatic carbocycles. The molecule has 8 heavy (non-hydrogen) atoms. The summed E-state index contributed by atoms with van der Waals surface area (Å²) in [5.41, 5.74) is 0. The minimum atomic E-state index is -0.414. The van der Waals surface area contributed by atoms with Gasteiger partial charge in [-0.15, -0.1) is 0 Å². The molecule has 0 fully saturated rings. The fraction of sp³-hybridized carbons (Fsp3) is 0. The summed E-state index contributed by atoms with van der Waals surface area (Å²) >= 11 is 5.15. The Balaban J connectivity index is 2.93. The smallest absolute Gasteiger partial charge is 0.213 e. The summed E-state index contributed by atoms with van der Waals surface area (Å²) in [4.78, 5) is 10.3. The molecule has 0 amide bonds. The van der Waals surface area contributed by atoms with E-state index in [9.17, 15) is 4.79 Å². The zero-order chi connectivity index (χ0) is 5.98. The maximum Gasteiger partial charge on any atom is 0.451 e. The summed E-state index contributed by atoms with van der Waals surface area (Å²) in [5.74, 6) is 0. The van der Waals surface area contributed by atoms with E-state index >= 15 is 0 Å². The third-order valence-electron chi connectivity index (χ3n) is 0.747. The van der Waals surface area contributed by atoms with E-state index < -0.39 is 10.5 Å². The Hall–Kier alpha value is -0.340. The second-order valence-corrected chi connectivity index (χ2v) is 3.49. The fourth-order valence-corrected chi connectivity index (χ4v) is 1.55. The molecule has 0 saturated carbocycles. The van der Waals surface area contributed by atoms with Gasteiger partial charge in [0.25, 0.3) is 0 Å². The van der Waals surface area contributed by atoms with Crippen LogP contribution in [0.15, 0.2) is 22.9 Å². The van der Waals surface area contributed by atoms with Crippen molar-refractivity contribution in [1.82, 2.24) is 0 Å². The maximum atomic E-state index is 10.3. The molecule has 1 aromatic heterocycles. The number of carbonyl (C=O) groups excluding carboxylic acids is 1. The lowest BCUT2D eigenvalue weighted by Crippen LogP contribution is -1.65. The highest BCUT2D eigenvalue weighted by atomic mass is 35.5. The Morgan fingerprint density at radius 3 is 2.12 bits per heavy atom. The van der Waals surface area contributed by atoms with Crippen LogP contribution in [0.4, 0.5) is 4.79 Å². The lowest BCUT2D eigenvalue weighted by atomic mass is 10.7. The van der Waals surface area contributed by atoms with E-state index in [0.29, 0.717) is 0 Å². The van der Waals surface area contributed by atoms with E-state index in [0.717, 1.165) is 0 Å². The first-order valence-corrected chi connectivity index (χ1v) is 3.80. The summed E-state index contributed by atoms with van der Waals surface area (Å²) in [6.07, 6.45) is 0. The summed E-state index contributed by atoms with van der Waals surface area (Å²) in [5, 5.41) is 3.57. The molecule has 3 heteroatoms. The van der Waals surface area contributed by atoms with Crippen LogP contribution < -0.4 is 0 Å². The van der Waals surface area contributed by atoms with Crippen molar-refractivity contribution in [3.05, 3.63) is 22.9 Å². The quantitative estimate of drug-likeness (QED) is 0.441. The Morgan fingerprint density at radius 2 is 1.88 bits per heavy atom. The molecule has 1 aromatic rings.